The van der Waals surface area contributed by atoms with E-state index in [0.29, 0.717) is 6.42 Å². The first kappa shape index (κ1) is 14.2. The Hall–Kier alpha value is -2.70. The zero-order chi connectivity index (χ0) is 15.7. The van der Waals surface area contributed by atoms with Crippen LogP contribution < -0.4 is 10.6 Å². The van der Waals surface area contributed by atoms with Crippen molar-refractivity contribution >= 4 is 28.8 Å². The lowest BCUT2D eigenvalue weighted by Crippen LogP contribution is -2.53. The van der Waals surface area contributed by atoms with Crippen molar-refractivity contribution in [3.63, 3.8) is 0 Å². The van der Waals surface area contributed by atoms with Crippen LogP contribution in [0.15, 0.2) is 30.6 Å². The summed E-state index contributed by atoms with van der Waals surface area (Å²) in [5.74, 6) is -1.03. The highest BCUT2D eigenvalue weighted by molar-refractivity contribution is 6.01. The van der Waals surface area contributed by atoms with Crippen LogP contribution in [0.3, 0.4) is 0 Å². The number of nitrogens with one attached hydrogen (secondary N) is 2. The van der Waals surface area contributed by atoms with Gasteiger partial charge in [-0.15, -0.1) is 0 Å². The first-order valence-corrected chi connectivity index (χ1v) is 7.12. The molecule has 1 saturated heterocycles. The Kier molecular flexibility index (Phi) is 3.62. The summed E-state index contributed by atoms with van der Waals surface area (Å²) in [6.07, 6.45) is 2.17. The second-order valence-electron chi connectivity index (χ2n) is 5.33. The van der Waals surface area contributed by atoms with Gasteiger partial charge in [-0.05, 0) is 25.5 Å². The minimum Gasteiger partial charge on any atom is -0.342 e. The summed E-state index contributed by atoms with van der Waals surface area (Å²) in [7, 11) is 0. The van der Waals surface area contributed by atoms with Gasteiger partial charge in [0.15, 0.2) is 0 Å². The normalized spacial score (nSPS) is 19.8. The van der Waals surface area contributed by atoms with Crippen LogP contribution in [-0.2, 0) is 14.4 Å². The van der Waals surface area contributed by atoms with Gasteiger partial charge in [-0.3, -0.25) is 19.7 Å². The molecule has 1 fully saturated rings. The molecule has 0 radical (unpaired) electrons. The number of imidazole rings is 1. The monoisotopic (exact) mass is 300 g/mol. The van der Waals surface area contributed by atoms with Gasteiger partial charge in [0.25, 0.3) is 0 Å². The third kappa shape index (κ3) is 2.57. The molecule has 7 heteroatoms. The van der Waals surface area contributed by atoms with Crippen LogP contribution in [0.25, 0.3) is 11.0 Å². The van der Waals surface area contributed by atoms with E-state index in [1.807, 2.05) is 24.3 Å². The van der Waals surface area contributed by atoms with Gasteiger partial charge in [0.05, 0.1) is 17.4 Å². The smallest absolute Gasteiger partial charge is 0.249 e. The number of imide groups is 1. The van der Waals surface area contributed by atoms with Crippen molar-refractivity contribution < 1.29 is 14.4 Å². The number of amides is 3. The molecular weight excluding hydrogens is 284 g/mol. The number of rotatable bonds is 3. The Morgan fingerprint density at radius 3 is 2.95 bits per heavy atom. The molecule has 0 bridgehead atoms. The lowest BCUT2D eigenvalue weighted by atomic mass is 10.1. The zero-order valence-electron chi connectivity index (χ0n) is 12.1. The molecule has 1 aromatic carbocycles. The molecule has 1 aromatic heterocycles. The van der Waals surface area contributed by atoms with Crippen LogP contribution >= 0.6 is 0 Å². The molecular formula is C15H16N4O3. The quantitative estimate of drug-likeness (QED) is 0.808. The number of hydrogen-bond donors (Lipinski definition) is 2. The molecule has 0 aliphatic carbocycles. The van der Waals surface area contributed by atoms with Gasteiger partial charge >= 0.3 is 0 Å². The molecule has 114 valence electrons. The highest BCUT2D eigenvalue weighted by atomic mass is 16.2. The minimum absolute atomic E-state index is 0.235. The van der Waals surface area contributed by atoms with Gasteiger partial charge in [0.1, 0.15) is 12.1 Å². The number of hydrogen-bond acceptors (Lipinski definition) is 4. The summed E-state index contributed by atoms with van der Waals surface area (Å²) < 4.78 is 1.76. The van der Waals surface area contributed by atoms with Crippen LogP contribution in [0.1, 0.15) is 25.8 Å². The van der Waals surface area contributed by atoms with E-state index < -0.39 is 18.0 Å². The van der Waals surface area contributed by atoms with E-state index in [0.717, 1.165) is 11.0 Å². The summed E-state index contributed by atoms with van der Waals surface area (Å²) in [6.45, 7) is 1.75. The van der Waals surface area contributed by atoms with Crippen LogP contribution in [0.2, 0.25) is 0 Å². The van der Waals surface area contributed by atoms with E-state index in [-0.39, 0.29) is 18.2 Å². The molecule has 1 aliphatic heterocycles. The largest absolute Gasteiger partial charge is 0.342 e. The van der Waals surface area contributed by atoms with Crippen molar-refractivity contribution in [2.45, 2.75) is 31.8 Å². The molecule has 2 heterocycles. The van der Waals surface area contributed by atoms with Crippen molar-refractivity contribution in [2.24, 2.45) is 0 Å². The molecule has 2 N–H and O–H groups in total. The fourth-order valence-electron chi connectivity index (χ4n) is 2.54. The van der Waals surface area contributed by atoms with Gasteiger partial charge in [0, 0.05) is 6.42 Å². The number of fused-ring (bicyclic) bond motifs is 1. The molecule has 2 unspecified atom stereocenters. The average Bonchev–Trinajstić information content (AvgIpc) is 2.93. The predicted octanol–water partition coefficient (Wildman–Crippen LogP) is 0.519. The molecule has 3 rings (SSSR count). The van der Waals surface area contributed by atoms with Gasteiger partial charge in [-0.1, -0.05) is 12.1 Å². The van der Waals surface area contributed by atoms with E-state index in [9.17, 15) is 14.4 Å². The fraction of sp³-hybridized carbons (Fsp3) is 0.333. The number of benzene rings is 1. The minimum atomic E-state index is -0.664. The van der Waals surface area contributed by atoms with Crippen LogP contribution in [0.4, 0.5) is 0 Å². The van der Waals surface area contributed by atoms with E-state index >= 15 is 0 Å². The lowest BCUT2D eigenvalue weighted by molar-refractivity contribution is -0.137. The van der Waals surface area contributed by atoms with Gasteiger partial charge < -0.3 is 9.88 Å². The highest BCUT2D eigenvalue weighted by Gasteiger charge is 2.29. The first-order valence-electron chi connectivity index (χ1n) is 7.12. The molecule has 1 aliphatic rings. The number of para-hydroxylation sites is 2. The predicted molar refractivity (Wildman–Crippen MR) is 78.8 cm³/mol. The maximum absolute atomic E-state index is 12.4. The number of nitrogens with zero attached hydrogens (tertiary/aromatic N) is 2. The van der Waals surface area contributed by atoms with Crippen LogP contribution in [-0.4, -0.2) is 33.3 Å². The fourth-order valence-corrected chi connectivity index (χ4v) is 2.54. The summed E-state index contributed by atoms with van der Waals surface area (Å²) >= 11 is 0. The Labute approximate surface area is 126 Å². The molecule has 0 saturated carbocycles. The number of carbonyl (C=O) groups is 3. The Morgan fingerprint density at radius 1 is 1.41 bits per heavy atom. The van der Waals surface area contributed by atoms with Gasteiger partial charge in [-0.25, -0.2) is 4.98 Å². The van der Waals surface area contributed by atoms with E-state index in [4.69, 9.17) is 0 Å². The van der Waals surface area contributed by atoms with E-state index in [2.05, 4.69) is 15.6 Å². The SMILES string of the molecule is CC(C(=O)NC1CCC(=O)NC1=O)n1cnc2ccccc21. The van der Waals surface area contributed by atoms with Crippen LogP contribution in [0, 0.1) is 0 Å². The topological polar surface area (TPSA) is 93.1 Å². The Bertz CT molecular complexity index is 752. The van der Waals surface area contributed by atoms with Crippen molar-refractivity contribution in [1.82, 2.24) is 20.2 Å². The molecule has 22 heavy (non-hydrogen) atoms. The summed E-state index contributed by atoms with van der Waals surface area (Å²) in [4.78, 5) is 39.4. The molecule has 3 amide bonds. The summed E-state index contributed by atoms with van der Waals surface area (Å²) in [5.41, 5.74) is 1.66. The third-order valence-electron chi connectivity index (χ3n) is 3.83. The van der Waals surface area contributed by atoms with Crippen molar-refractivity contribution in [3.05, 3.63) is 30.6 Å². The van der Waals surface area contributed by atoms with Gasteiger partial charge in [-0.2, -0.15) is 0 Å². The van der Waals surface area contributed by atoms with Gasteiger partial charge in [0.2, 0.25) is 17.7 Å². The third-order valence-corrected chi connectivity index (χ3v) is 3.83. The summed E-state index contributed by atoms with van der Waals surface area (Å²) in [5, 5.41) is 4.92. The molecule has 2 aromatic rings. The summed E-state index contributed by atoms with van der Waals surface area (Å²) in [6, 6.07) is 6.36. The van der Waals surface area contributed by atoms with Crippen molar-refractivity contribution in [2.75, 3.05) is 0 Å². The highest BCUT2D eigenvalue weighted by Crippen LogP contribution is 2.18. The maximum Gasteiger partial charge on any atom is 0.249 e. The number of carbonyl (C=O) groups excluding carboxylic acids is 3. The Morgan fingerprint density at radius 2 is 2.18 bits per heavy atom. The average molecular weight is 300 g/mol. The number of aromatic nitrogens is 2. The first-order chi connectivity index (χ1) is 10.6. The van der Waals surface area contributed by atoms with Crippen molar-refractivity contribution in [1.29, 1.82) is 0 Å². The molecule has 2 atom stereocenters. The van der Waals surface area contributed by atoms with E-state index in [1.165, 1.54) is 0 Å². The molecule has 0 spiro atoms. The number of piperidine rings is 1. The zero-order valence-corrected chi connectivity index (χ0v) is 12.1. The van der Waals surface area contributed by atoms with Crippen molar-refractivity contribution in [3.8, 4) is 0 Å². The second-order valence-corrected chi connectivity index (χ2v) is 5.33. The standard InChI is InChI=1S/C15H16N4O3/c1-9(19-8-16-10-4-2-3-5-12(10)19)14(21)17-11-6-7-13(20)18-15(11)22/h2-5,8-9,11H,6-7H2,1H3,(H,17,21)(H,18,20,22). The van der Waals surface area contributed by atoms with Crippen LogP contribution in [0.5, 0.6) is 0 Å². The van der Waals surface area contributed by atoms with E-state index in [1.54, 1.807) is 17.8 Å². The second kappa shape index (κ2) is 5.59. The maximum atomic E-state index is 12.4. The Balaban J connectivity index is 1.74. The lowest BCUT2D eigenvalue weighted by Gasteiger charge is -2.24. The molecule has 7 nitrogen and oxygen atoms in total.